The lowest BCUT2D eigenvalue weighted by atomic mass is 10.1. The van der Waals surface area contributed by atoms with Crippen LogP contribution in [0.15, 0.2) is 18.2 Å². The lowest BCUT2D eigenvalue weighted by molar-refractivity contribution is 0.0993. The molecule has 0 amide bonds. The number of rotatable bonds is 5. The first-order valence-electron chi connectivity index (χ1n) is 5.60. The largest absolute Gasteiger partial charge is 0.293 e. The lowest BCUT2D eigenvalue weighted by Crippen LogP contribution is -2.16. The van der Waals surface area contributed by atoms with E-state index in [-0.39, 0.29) is 16.6 Å². The highest BCUT2D eigenvalue weighted by atomic mass is 32.2. The minimum atomic E-state index is -0.975. The molecule has 0 saturated heterocycles. The molecule has 0 bridgehead atoms. The first-order valence-corrected chi connectivity index (χ1v) is 6.54. The topological polar surface area (TPSA) is 17.1 Å². The zero-order valence-corrected chi connectivity index (χ0v) is 11.0. The molecule has 94 valence electrons. The third kappa shape index (κ3) is 3.80. The van der Waals surface area contributed by atoms with Gasteiger partial charge in [0, 0.05) is 10.8 Å². The predicted octanol–water partition coefficient (Wildman–Crippen LogP) is 4.07. The van der Waals surface area contributed by atoms with Crippen LogP contribution in [0, 0.1) is 11.6 Å². The lowest BCUT2D eigenvalue weighted by Gasteiger charge is -2.14. The van der Waals surface area contributed by atoms with Crippen LogP contribution < -0.4 is 0 Å². The van der Waals surface area contributed by atoms with Gasteiger partial charge in [-0.25, -0.2) is 8.78 Å². The van der Waals surface area contributed by atoms with Crippen LogP contribution in [-0.2, 0) is 0 Å². The first kappa shape index (κ1) is 14.2. The van der Waals surface area contributed by atoms with E-state index in [2.05, 4.69) is 0 Å². The number of carbonyl (C=O) groups is 1. The fourth-order valence-corrected chi connectivity index (χ4v) is 2.54. The molecule has 0 spiro atoms. The number of benzene rings is 1. The number of hydrogen-bond donors (Lipinski definition) is 0. The molecule has 0 saturated carbocycles. The molecular weight excluding hydrogens is 242 g/mol. The third-order valence-corrected chi connectivity index (χ3v) is 4.00. The molecule has 0 fully saturated rings. The van der Waals surface area contributed by atoms with Crippen molar-refractivity contribution in [2.75, 3.05) is 0 Å². The molecule has 1 nitrogen and oxygen atoms in total. The molecule has 0 aromatic heterocycles. The summed E-state index contributed by atoms with van der Waals surface area (Å²) < 4.78 is 25.7. The van der Waals surface area contributed by atoms with E-state index >= 15 is 0 Å². The van der Waals surface area contributed by atoms with Gasteiger partial charge in [0.25, 0.3) is 0 Å². The van der Waals surface area contributed by atoms with E-state index in [1.165, 1.54) is 6.07 Å². The van der Waals surface area contributed by atoms with Crippen LogP contribution in [0.3, 0.4) is 0 Å². The predicted molar refractivity (Wildman–Crippen MR) is 67.5 cm³/mol. The molecule has 0 aliphatic carbocycles. The molecule has 0 aliphatic heterocycles. The van der Waals surface area contributed by atoms with Crippen molar-refractivity contribution < 1.29 is 13.6 Å². The average Bonchev–Trinajstić information content (AvgIpc) is 2.31. The van der Waals surface area contributed by atoms with Crippen LogP contribution in [0.5, 0.6) is 0 Å². The van der Waals surface area contributed by atoms with E-state index in [0.717, 1.165) is 18.6 Å². The molecule has 1 rings (SSSR count). The van der Waals surface area contributed by atoms with Crippen LogP contribution >= 0.6 is 11.8 Å². The maximum atomic E-state index is 13.0. The van der Waals surface area contributed by atoms with Crippen molar-refractivity contribution in [3.8, 4) is 0 Å². The van der Waals surface area contributed by atoms with E-state index in [9.17, 15) is 13.6 Å². The van der Waals surface area contributed by atoms with Crippen molar-refractivity contribution in [1.29, 1.82) is 0 Å². The highest BCUT2D eigenvalue weighted by molar-refractivity contribution is 8.01. The van der Waals surface area contributed by atoms with Crippen molar-refractivity contribution in [3.05, 3.63) is 35.4 Å². The molecule has 0 heterocycles. The number of ketones is 1. The molecular formula is C13H16F2OS. The molecule has 0 aliphatic rings. The van der Waals surface area contributed by atoms with Crippen molar-refractivity contribution in [1.82, 2.24) is 0 Å². The van der Waals surface area contributed by atoms with Gasteiger partial charge in [-0.15, -0.1) is 11.8 Å². The van der Waals surface area contributed by atoms with Crippen molar-refractivity contribution in [3.63, 3.8) is 0 Å². The monoisotopic (exact) mass is 258 g/mol. The summed E-state index contributed by atoms with van der Waals surface area (Å²) in [7, 11) is 0. The Bertz CT molecular complexity index is 406. The summed E-state index contributed by atoms with van der Waals surface area (Å²) in [5.41, 5.74) is 0.229. The SMILES string of the molecule is CCC(C)SC(C)C(=O)c1ccc(F)c(F)c1. The minimum Gasteiger partial charge on any atom is -0.293 e. The minimum absolute atomic E-state index is 0.158. The summed E-state index contributed by atoms with van der Waals surface area (Å²) in [6.07, 6.45) is 0.972. The normalized spacial score (nSPS) is 14.4. The number of carbonyl (C=O) groups excluding carboxylic acids is 1. The van der Waals surface area contributed by atoms with Gasteiger partial charge in [0.05, 0.1) is 5.25 Å². The Morgan fingerprint density at radius 2 is 1.94 bits per heavy atom. The van der Waals surface area contributed by atoms with E-state index < -0.39 is 11.6 Å². The molecule has 4 heteroatoms. The van der Waals surface area contributed by atoms with E-state index in [1.807, 2.05) is 13.8 Å². The molecule has 1 aromatic carbocycles. The van der Waals surface area contributed by atoms with Crippen LogP contribution in [0.25, 0.3) is 0 Å². The number of halogens is 2. The van der Waals surface area contributed by atoms with E-state index in [0.29, 0.717) is 5.25 Å². The smallest absolute Gasteiger partial charge is 0.175 e. The second kappa shape index (κ2) is 6.15. The fourth-order valence-electron chi connectivity index (χ4n) is 1.39. The highest BCUT2D eigenvalue weighted by Crippen LogP contribution is 2.23. The Morgan fingerprint density at radius 1 is 1.29 bits per heavy atom. The summed E-state index contributed by atoms with van der Waals surface area (Å²) >= 11 is 1.55. The van der Waals surface area contributed by atoms with E-state index in [4.69, 9.17) is 0 Å². The maximum absolute atomic E-state index is 13.0. The number of thioether (sulfide) groups is 1. The second-order valence-corrected chi connectivity index (χ2v) is 5.77. The summed E-state index contributed by atoms with van der Waals surface area (Å²) in [6.45, 7) is 5.88. The summed E-state index contributed by atoms with van der Waals surface area (Å²) in [4.78, 5) is 11.9. The van der Waals surface area contributed by atoms with Gasteiger partial charge in [0.2, 0.25) is 0 Å². The standard InChI is InChI=1S/C13H16F2OS/c1-4-8(2)17-9(3)13(16)10-5-6-11(14)12(15)7-10/h5-9H,4H2,1-3H3. The highest BCUT2D eigenvalue weighted by Gasteiger charge is 2.19. The maximum Gasteiger partial charge on any atom is 0.175 e. The van der Waals surface area contributed by atoms with Gasteiger partial charge in [0.1, 0.15) is 0 Å². The molecule has 1 aromatic rings. The van der Waals surface area contributed by atoms with E-state index in [1.54, 1.807) is 18.7 Å². The van der Waals surface area contributed by atoms with Gasteiger partial charge < -0.3 is 0 Å². The third-order valence-electron chi connectivity index (χ3n) is 2.58. The first-order chi connectivity index (χ1) is 7.95. The van der Waals surface area contributed by atoms with Gasteiger partial charge in [-0.3, -0.25) is 4.79 Å². The van der Waals surface area contributed by atoms with Crippen LogP contribution in [-0.4, -0.2) is 16.3 Å². The zero-order valence-electron chi connectivity index (χ0n) is 10.2. The van der Waals surface area contributed by atoms with Crippen LogP contribution in [0.1, 0.15) is 37.6 Å². The van der Waals surface area contributed by atoms with Gasteiger partial charge in [-0.1, -0.05) is 13.8 Å². The Kier molecular flexibility index (Phi) is 5.12. The van der Waals surface area contributed by atoms with Gasteiger partial charge in [-0.2, -0.15) is 0 Å². The number of hydrogen-bond acceptors (Lipinski definition) is 2. The Hall–Kier alpha value is -0.900. The Morgan fingerprint density at radius 3 is 2.47 bits per heavy atom. The molecule has 2 atom stereocenters. The van der Waals surface area contributed by atoms with Gasteiger partial charge >= 0.3 is 0 Å². The van der Waals surface area contributed by atoms with Crippen molar-refractivity contribution >= 4 is 17.5 Å². The summed E-state index contributed by atoms with van der Waals surface area (Å²) in [6, 6.07) is 3.28. The van der Waals surface area contributed by atoms with Crippen LogP contribution in [0.2, 0.25) is 0 Å². The average molecular weight is 258 g/mol. The van der Waals surface area contributed by atoms with Crippen molar-refractivity contribution in [2.24, 2.45) is 0 Å². The van der Waals surface area contributed by atoms with Crippen molar-refractivity contribution in [2.45, 2.75) is 37.7 Å². The second-order valence-electron chi connectivity index (χ2n) is 3.99. The molecule has 17 heavy (non-hydrogen) atoms. The van der Waals surface area contributed by atoms with Crippen LogP contribution in [0.4, 0.5) is 8.78 Å². The van der Waals surface area contributed by atoms with Gasteiger partial charge in [-0.05, 0) is 31.5 Å². The molecule has 0 N–H and O–H groups in total. The summed E-state index contributed by atoms with van der Waals surface area (Å²) in [5.74, 6) is -2.06. The Balaban J connectivity index is 2.78. The molecule has 2 unspecified atom stereocenters. The quantitative estimate of drug-likeness (QED) is 0.741. The fraction of sp³-hybridized carbons (Fsp3) is 0.462. The number of Topliss-reactive ketones (excluding diaryl/α,β-unsaturated/α-hetero) is 1. The molecule has 0 radical (unpaired) electrons. The van der Waals surface area contributed by atoms with Gasteiger partial charge in [0.15, 0.2) is 17.4 Å². The summed E-state index contributed by atoms with van der Waals surface area (Å²) in [5, 5.41) is 0.133. The Labute approximate surface area is 105 Å². The zero-order chi connectivity index (χ0) is 13.0.